The van der Waals surface area contributed by atoms with E-state index < -0.39 is 17.4 Å². The van der Waals surface area contributed by atoms with Gasteiger partial charge in [-0.3, -0.25) is 14.6 Å². The molecule has 0 aliphatic heterocycles. The van der Waals surface area contributed by atoms with Crippen molar-refractivity contribution >= 4 is 27.8 Å². The third-order valence-electron chi connectivity index (χ3n) is 4.70. The second-order valence-corrected chi connectivity index (χ2v) is 8.11. The van der Waals surface area contributed by atoms with Crippen LogP contribution in [-0.4, -0.2) is 21.1 Å². The molecule has 6 heteroatoms. The summed E-state index contributed by atoms with van der Waals surface area (Å²) in [6.07, 6.45) is 1.69. The molecule has 0 unspecified atom stereocenters. The summed E-state index contributed by atoms with van der Waals surface area (Å²) >= 11 is 0. The van der Waals surface area contributed by atoms with Crippen LogP contribution < -0.4 is 5.43 Å². The first-order chi connectivity index (χ1) is 14.2. The quantitative estimate of drug-likeness (QED) is 0.367. The maximum atomic E-state index is 13.9. The van der Waals surface area contributed by atoms with E-state index in [1.165, 1.54) is 18.2 Å². The highest BCUT2D eigenvalue weighted by Crippen LogP contribution is 2.25. The minimum atomic E-state index is -0.646. The van der Waals surface area contributed by atoms with Crippen molar-refractivity contribution in [2.75, 3.05) is 0 Å². The minimum Gasteiger partial charge on any atom is -0.459 e. The van der Waals surface area contributed by atoms with Gasteiger partial charge in [0.1, 0.15) is 18.0 Å². The summed E-state index contributed by atoms with van der Waals surface area (Å²) < 4.78 is 21.1. The number of benzene rings is 2. The molecule has 0 aliphatic rings. The maximum absolute atomic E-state index is 13.9. The van der Waals surface area contributed by atoms with E-state index >= 15 is 0 Å². The topological polar surface area (TPSA) is 61.2 Å². The normalized spacial score (nSPS) is 11.7. The van der Waals surface area contributed by atoms with Crippen LogP contribution in [0.3, 0.4) is 0 Å². The third kappa shape index (κ3) is 3.81. The molecule has 2 aromatic carbocycles. The first kappa shape index (κ1) is 19.8. The fraction of sp³-hybridized carbons (Fsp3) is 0.208. The number of fused-ring (bicyclic) bond motifs is 2. The Morgan fingerprint density at radius 3 is 2.53 bits per heavy atom. The van der Waals surface area contributed by atoms with Gasteiger partial charge in [-0.15, -0.1) is 0 Å². The van der Waals surface area contributed by atoms with Crippen molar-refractivity contribution in [2.24, 2.45) is 0 Å². The van der Waals surface area contributed by atoms with Gasteiger partial charge in [-0.25, -0.2) is 4.39 Å². The fourth-order valence-corrected chi connectivity index (χ4v) is 3.51. The molecule has 0 N–H and O–H groups in total. The predicted octanol–water partition coefficient (Wildman–Crippen LogP) is 4.70. The van der Waals surface area contributed by atoms with Gasteiger partial charge in [0.15, 0.2) is 5.43 Å². The van der Waals surface area contributed by atoms with Crippen molar-refractivity contribution in [3.63, 3.8) is 0 Å². The Morgan fingerprint density at radius 1 is 1.03 bits per heavy atom. The molecular weight excluding hydrogens is 383 g/mol. The Labute approximate surface area is 172 Å². The zero-order valence-electron chi connectivity index (χ0n) is 17.0. The van der Waals surface area contributed by atoms with Crippen molar-refractivity contribution in [1.29, 1.82) is 0 Å². The van der Waals surface area contributed by atoms with E-state index in [1.54, 1.807) is 43.7 Å². The van der Waals surface area contributed by atoms with Crippen LogP contribution in [0, 0.1) is 5.82 Å². The van der Waals surface area contributed by atoms with Crippen LogP contribution in [0.1, 0.15) is 20.8 Å². The van der Waals surface area contributed by atoms with Crippen molar-refractivity contribution < 1.29 is 13.9 Å². The molecule has 30 heavy (non-hydrogen) atoms. The first-order valence-electron chi connectivity index (χ1n) is 9.62. The minimum absolute atomic E-state index is 0.109. The van der Waals surface area contributed by atoms with E-state index in [9.17, 15) is 14.0 Å². The average Bonchev–Trinajstić information content (AvgIpc) is 2.70. The van der Waals surface area contributed by atoms with Crippen LogP contribution in [0.2, 0.25) is 0 Å². The van der Waals surface area contributed by atoms with Gasteiger partial charge >= 0.3 is 5.97 Å². The lowest BCUT2D eigenvalue weighted by molar-refractivity contribution is -0.155. The molecule has 0 atom stereocenters. The van der Waals surface area contributed by atoms with Crippen LogP contribution >= 0.6 is 0 Å². The van der Waals surface area contributed by atoms with Crippen molar-refractivity contribution in [2.45, 2.75) is 32.9 Å². The molecule has 0 amide bonds. The first-order valence-corrected chi connectivity index (χ1v) is 9.62. The molecule has 152 valence electrons. The van der Waals surface area contributed by atoms with Crippen LogP contribution in [0.4, 0.5) is 4.39 Å². The van der Waals surface area contributed by atoms with Gasteiger partial charge in [0.05, 0.1) is 16.7 Å². The predicted molar refractivity (Wildman–Crippen MR) is 115 cm³/mol. The average molecular weight is 404 g/mol. The number of halogens is 1. The molecule has 2 heterocycles. The van der Waals surface area contributed by atoms with Crippen molar-refractivity contribution in [1.82, 2.24) is 9.55 Å². The maximum Gasteiger partial charge on any atom is 0.326 e. The van der Waals surface area contributed by atoms with E-state index in [-0.39, 0.29) is 17.4 Å². The van der Waals surface area contributed by atoms with Crippen LogP contribution in [0.5, 0.6) is 0 Å². The second-order valence-electron chi connectivity index (χ2n) is 8.11. The number of carbonyl (C=O) groups is 1. The Balaban J connectivity index is 1.99. The number of esters is 1. The van der Waals surface area contributed by atoms with E-state index in [1.807, 2.05) is 24.3 Å². The van der Waals surface area contributed by atoms with Gasteiger partial charge in [-0.2, -0.15) is 0 Å². The molecule has 4 aromatic rings. The van der Waals surface area contributed by atoms with Gasteiger partial charge in [0, 0.05) is 22.5 Å². The van der Waals surface area contributed by atoms with Crippen LogP contribution in [0.15, 0.2) is 65.6 Å². The standard InChI is InChI=1S/C24H21FN2O3/c1-24(2,3)30-22(28)14-27-20-10-8-16(25)13-18(20)23(29)17-9-7-15(12-21(17)27)19-6-4-5-11-26-19/h4-13H,14H2,1-3H3. The van der Waals surface area contributed by atoms with Crippen LogP contribution in [0.25, 0.3) is 33.1 Å². The summed E-state index contributed by atoms with van der Waals surface area (Å²) in [4.78, 5) is 30.0. The second kappa shape index (κ2) is 7.37. The lowest BCUT2D eigenvalue weighted by atomic mass is 10.0. The Morgan fingerprint density at radius 2 is 1.83 bits per heavy atom. The van der Waals surface area contributed by atoms with Gasteiger partial charge < -0.3 is 9.30 Å². The summed E-state index contributed by atoms with van der Waals surface area (Å²) in [5, 5.41) is 0.619. The smallest absolute Gasteiger partial charge is 0.326 e. The monoisotopic (exact) mass is 404 g/mol. The molecule has 0 radical (unpaired) electrons. The van der Waals surface area contributed by atoms with E-state index in [4.69, 9.17) is 4.74 Å². The molecule has 4 rings (SSSR count). The van der Waals surface area contributed by atoms with Crippen molar-refractivity contribution in [3.05, 3.63) is 76.8 Å². The van der Waals surface area contributed by atoms with Crippen molar-refractivity contribution in [3.8, 4) is 11.3 Å². The number of nitrogens with zero attached hydrogens (tertiary/aromatic N) is 2. The summed E-state index contributed by atoms with van der Waals surface area (Å²) in [6.45, 7) is 5.27. The number of rotatable bonds is 3. The Bertz CT molecular complexity index is 1320. The number of carbonyl (C=O) groups excluding carboxylic acids is 1. The van der Waals surface area contributed by atoms with Gasteiger partial charge in [0.25, 0.3) is 0 Å². The zero-order valence-corrected chi connectivity index (χ0v) is 17.0. The SMILES string of the molecule is CC(C)(C)OC(=O)Cn1c2ccc(F)cc2c(=O)c2ccc(-c3ccccn3)cc21. The molecule has 2 aromatic heterocycles. The summed E-state index contributed by atoms with van der Waals surface area (Å²) in [7, 11) is 0. The molecule has 0 fully saturated rings. The lowest BCUT2D eigenvalue weighted by Gasteiger charge is -2.21. The summed E-state index contributed by atoms with van der Waals surface area (Å²) in [5.41, 5.74) is 1.66. The number of hydrogen-bond donors (Lipinski definition) is 0. The number of hydrogen-bond acceptors (Lipinski definition) is 4. The molecule has 5 nitrogen and oxygen atoms in total. The number of ether oxygens (including phenoxy) is 1. The summed E-state index contributed by atoms with van der Waals surface area (Å²) in [5.74, 6) is -0.950. The summed E-state index contributed by atoms with van der Waals surface area (Å²) in [6, 6.07) is 14.9. The molecule has 0 bridgehead atoms. The lowest BCUT2D eigenvalue weighted by Crippen LogP contribution is -2.27. The van der Waals surface area contributed by atoms with Gasteiger partial charge in [-0.05, 0) is 63.2 Å². The fourth-order valence-electron chi connectivity index (χ4n) is 3.51. The van der Waals surface area contributed by atoms with E-state index in [0.29, 0.717) is 16.4 Å². The molecular formula is C24H21FN2O3. The highest BCUT2D eigenvalue weighted by atomic mass is 19.1. The molecule has 0 spiro atoms. The van der Waals surface area contributed by atoms with E-state index in [2.05, 4.69) is 4.98 Å². The highest BCUT2D eigenvalue weighted by molar-refractivity contribution is 5.96. The van der Waals surface area contributed by atoms with Gasteiger partial charge in [0.2, 0.25) is 0 Å². The Hall–Kier alpha value is -3.54. The van der Waals surface area contributed by atoms with Crippen LogP contribution in [-0.2, 0) is 16.1 Å². The molecule has 0 aliphatic carbocycles. The van der Waals surface area contributed by atoms with E-state index in [0.717, 1.165) is 11.3 Å². The molecule has 0 saturated carbocycles. The highest BCUT2D eigenvalue weighted by Gasteiger charge is 2.19. The zero-order chi connectivity index (χ0) is 21.5. The van der Waals surface area contributed by atoms with Gasteiger partial charge in [-0.1, -0.05) is 12.1 Å². The number of pyridine rings is 2. The largest absolute Gasteiger partial charge is 0.459 e. The molecule has 0 saturated heterocycles. The Kier molecular flexibility index (Phi) is 4.86. The third-order valence-corrected chi connectivity index (χ3v) is 4.70. The number of aromatic nitrogens is 2.